The molecule has 3 N–H and O–H groups in total. The molecule has 0 bridgehead atoms. The van der Waals surface area contributed by atoms with Crippen molar-refractivity contribution >= 4 is 56.6 Å². The summed E-state index contributed by atoms with van der Waals surface area (Å²) in [6, 6.07) is 11.5. The molecular weight excluding hydrogens is 449 g/mol. The van der Waals surface area contributed by atoms with Gasteiger partial charge in [-0.05, 0) is 62.4 Å². The number of aromatic nitrogens is 2. The first-order valence-electron chi connectivity index (χ1n) is 8.60. The number of rotatable bonds is 5. The third-order valence-electron chi connectivity index (χ3n) is 3.81. The van der Waals surface area contributed by atoms with Gasteiger partial charge >= 0.3 is 6.03 Å². The van der Waals surface area contributed by atoms with E-state index in [4.69, 9.17) is 23.2 Å². The molecule has 8 nitrogen and oxygen atoms in total. The molecule has 3 rings (SSSR count). The van der Waals surface area contributed by atoms with Gasteiger partial charge in [-0.2, -0.15) is 0 Å². The van der Waals surface area contributed by atoms with Crippen molar-refractivity contribution in [2.45, 2.75) is 18.7 Å². The minimum Gasteiger partial charge on any atom is -0.308 e. The SMILES string of the molecule is Cc1cc(C)nc(NS(=O)(=O)c2ccc(NC(=O)Nc3ccc(Cl)c(Cl)c3)cc2)n1. The summed E-state index contributed by atoms with van der Waals surface area (Å²) in [5.41, 5.74) is 2.15. The summed E-state index contributed by atoms with van der Waals surface area (Å²) in [4.78, 5) is 20.3. The number of sulfonamides is 1. The van der Waals surface area contributed by atoms with Crippen molar-refractivity contribution in [3.8, 4) is 0 Å². The van der Waals surface area contributed by atoms with E-state index in [1.807, 2.05) is 0 Å². The van der Waals surface area contributed by atoms with E-state index in [9.17, 15) is 13.2 Å². The molecule has 0 aliphatic heterocycles. The molecule has 0 spiro atoms. The number of anilines is 3. The average molecular weight is 466 g/mol. The Hall–Kier alpha value is -2.88. The first kappa shape index (κ1) is 21.8. The zero-order valence-corrected chi connectivity index (χ0v) is 18.2. The van der Waals surface area contributed by atoms with E-state index in [1.54, 1.807) is 32.0 Å². The minimum absolute atomic E-state index is 0.000649. The molecule has 0 aliphatic carbocycles. The zero-order chi connectivity index (χ0) is 21.9. The number of hydrogen-bond acceptors (Lipinski definition) is 5. The number of halogens is 2. The highest BCUT2D eigenvalue weighted by molar-refractivity contribution is 7.92. The van der Waals surface area contributed by atoms with Gasteiger partial charge < -0.3 is 10.6 Å². The van der Waals surface area contributed by atoms with Gasteiger partial charge in [0, 0.05) is 22.8 Å². The first-order valence-corrected chi connectivity index (χ1v) is 10.8. The van der Waals surface area contributed by atoms with E-state index < -0.39 is 16.1 Å². The Morgan fingerprint density at radius 3 is 2.00 bits per heavy atom. The van der Waals surface area contributed by atoms with Gasteiger partial charge in [0.05, 0.1) is 14.9 Å². The summed E-state index contributed by atoms with van der Waals surface area (Å²) >= 11 is 11.8. The molecule has 2 aromatic carbocycles. The number of nitrogens with one attached hydrogen (secondary N) is 3. The van der Waals surface area contributed by atoms with Crippen LogP contribution < -0.4 is 15.4 Å². The van der Waals surface area contributed by atoms with Crippen LogP contribution in [0.25, 0.3) is 0 Å². The molecule has 0 atom stereocenters. The summed E-state index contributed by atoms with van der Waals surface area (Å²) in [5.74, 6) is -0.00398. The van der Waals surface area contributed by atoms with Gasteiger partial charge in [0.15, 0.2) is 0 Å². The number of carbonyl (C=O) groups is 1. The fourth-order valence-corrected chi connectivity index (χ4v) is 3.78. The van der Waals surface area contributed by atoms with Gasteiger partial charge in [-0.1, -0.05) is 23.2 Å². The summed E-state index contributed by atoms with van der Waals surface area (Å²) in [7, 11) is -3.88. The van der Waals surface area contributed by atoms with Crippen molar-refractivity contribution in [1.29, 1.82) is 0 Å². The van der Waals surface area contributed by atoms with Crippen molar-refractivity contribution in [1.82, 2.24) is 9.97 Å². The Kier molecular flexibility index (Phi) is 6.45. The topological polar surface area (TPSA) is 113 Å². The highest BCUT2D eigenvalue weighted by Crippen LogP contribution is 2.25. The number of aryl methyl sites for hydroxylation is 2. The van der Waals surface area contributed by atoms with Crippen LogP contribution in [0.15, 0.2) is 53.4 Å². The number of nitrogens with zero attached hydrogens (tertiary/aromatic N) is 2. The van der Waals surface area contributed by atoms with E-state index in [-0.39, 0.29) is 10.8 Å². The monoisotopic (exact) mass is 465 g/mol. The van der Waals surface area contributed by atoms with Crippen molar-refractivity contribution in [2.24, 2.45) is 0 Å². The van der Waals surface area contributed by atoms with Crippen molar-refractivity contribution < 1.29 is 13.2 Å². The molecular formula is C19H17Cl2N5O3S. The lowest BCUT2D eigenvalue weighted by Gasteiger charge is -2.10. The molecule has 0 radical (unpaired) electrons. The normalized spacial score (nSPS) is 11.1. The van der Waals surface area contributed by atoms with E-state index >= 15 is 0 Å². The second-order valence-electron chi connectivity index (χ2n) is 6.31. The first-order chi connectivity index (χ1) is 14.1. The summed E-state index contributed by atoms with van der Waals surface area (Å²) < 4.78 is 27.4. The van der Waals surface area contributed by atoms with Crippen LogP contribution in [0.4, 0.5) is 22.1 Å². The van der Waals surface area contributed by atoms with Gasteiger partial charge in [-0.25, -0.2) is 27.9 Å². The number of urea groups is 1. The molecule has 1 heterocycles. The molecule has 0 aliphatic rings. The lowest BCUT2D eigenvalue weighted by molar-refractivity contribution is 0.262. The summed E-state index contributed by atoms with van der Waals surface area (Å²) in [6.07, 6.45) is 0. The lowest BCUT2D eigenvalue weighted by Crippen LogP contribution is -2.19. The highest BCUT2D eigenvalue weighted by Gasteiger charge is 2.16. The van der Waals surface area contributed by atoms with Crippen LogP contribution in [0, 0.1) is 13.8 Å². The number of benzene rings is 2. The quantitative estimate of drug-likeness (QED) is 0.498. The predicted octanol–water partition coefficient (Wildman–Crippen LogP) is 4.85. The van der Waals surface area contributed by atoms with Crippen LogP contribution in [0.1, 0.15) is 11.4 Å². The molecule has 3 aromatic rings. The molecule has 30 heavy (non-hydrogen) atoms. The second kappa shape index (κ2) is 8.86. The number of hydrogen-bond donors (Lipinski definition) is 3. The Morgan fingerprint density at radius 2 is 1.40 bits per heavy atom. The molecule has 2 amide bonds. The summed E-state index contributed by atoms with van der Waals surface area (Å²) in [5, 5.41) is 5.89. The third kappa shape index (κ3) is 5.59. The Balaban J connectivity index is 1.67. The smallest absolute Gasteiger partial charge is 0.308 e. The zero-order valence-electron chi connectivity index (χ0n) is 15.9. The molecule has 11 heteroatoms. The largest absolute Gasteiger partial charge is 0.323 e. The second-order valence-corrected chi connectivity index (χ2v) is 8.81. The Labute approximate surface area is 183 Å². The molecule has 1 aromatic heterocycles. The van der Waals surface area contributed by atoms with Crippen LogP contribution >= 0.6 is 23.2 Å². The van der Waals surface area contributed by atoms with Crippen LogP contribution in [0.3, 0.4) is 0 Å². The van der Waals surface area contributed by atoms with Crippen LogP contribution in [-0.4, -0.2) is 24.4 Å². The van der Waals surface area contributed by atoms with Gasteiger partial charge in [-0.15, -0.1) is 0 Å². The van der Waals surface area contributed by atoms with Crippen molar-refractivity contribution in [2.75, 3.05) is 15.4 Å². The van der Waals surface area contributed by atoms with E-state index in [0.717, 1.165) is 0 Å². The van der Waals surface area contributed by atoms with Crippen LogP contribution in [0.2, 0.25) is 10.0 Å². The average Bonchev–Trinajstić information content (AvgIpc) is 2.64. The number of carbonyl (C=O) groups excluding carboxylic acids is 1. The van der Waals surface area contributed by atoms with Gasteiger partial charge in [0.2, 0.25) is 5.95 Å². The van der Waals surface area contributed by atoms with Gasteiger partial charge in [0.25, 0.3) is 10.0 Å². The fraction of sp³-hybridized carbons (Fsp3) is 0.105. The van der Waals surface area contributed by atoms with Gasteiger partial charge in [-0.3, -0.25) is 0 Å². The predicted molar refractivity (Wildman–Crippen MR) is 118 cm³/mol. The summed E-state index contributed by atoms with van der Waals surface area (Å²) in [6.45, 7) is 3.49. The Bertz CT molecular complexity index is 1180. The third-order valence-corrected chi connectivity index (χ3v) is 5.89. The van der Waals surface area contributed by atoms with Gasteiger partial charge in [0.1, 0.15) is 0 Å². The fourth-order valence-electron chi connectivity index (χ4n) is 2.54. The lowest BCUT2D eigenvalue weighted by atomic mass is 10.3. The van der Waals surface area contributed by atoms with Crippen LogP contribution in [0.5, 0.6) is 0 Å². The maximum Gasteiger partial charge on any atom is 0.323 e. The maximum atomic E-state index is 12.5. The Morgan fingerprint density at radius 1 is 0.833 bits per heavy atom. The highest BCUT2D eigenvalue weighted by atomic mass is 35.5. The number of amides is 2. The van der Waals surface area contributed by atoms with E-state index in [2.05, 4.69) is 25.3 Å². The van der Waals surface area contributed by atoms with Crippen molar-refractivity contribution in [3.63, 3.8) is 0 Å². The molecule has 0 saturated carbocycles. The minimum atomic E-state index is -3.88. The van der Waals surface area contributed by atoms with Crippen LogP contribution in [-0.2, 0) is 10.0 Å². The van der Waals surface area contributed by atoms with E-state index in [0.29, 0.717) is 32.8 Å². The van der Waals surface area contributed by atoms with E-state index in [1.165, 1.54) is 30.3 Å². The molecule has 156 valence electrons. The maximum absolute atomic E-state index is 12.5. The van der Waals surface area contributed by atoms with Crippen molar-refractivity contribution in [3.05, 3.63) is 70.0 Å². The molecule has 0 unspecified atom stereocenters. The standard InChI is InChI=1S/C19H17Cl2N5O3S/c1-11-9-12(2)23-18(22-11)26-30(28,29)15-6-3-13(4-7-15)24-19(27)25-14-5-8-16(20)17(21)10-14/h3-10H,1-2H3,(H,22,23,26)(H2,24,25,27). The molecule has 0 saturated heterocycles. The molecule has 0 fully saturated rings.